The Hall–Kier alpha value is -4.20. The molecule has 0 spiro atoms. The molecule has 2 amide bonds. The zero-order valence-corrected chi connectivity index (χ0v) is 31.9. The summed E-state index contributed by atoms with van der Waals surface area (Å²) >= 11 is 13.1. The molecule has 0 bridgehead atoms. The Kier molecular flexibility index (Phi) is 10.5. The van der Waals surface area contributed by atoms with Crippen molar-refractivity contribution in [3.8, 4) is 11.1 Å². The molecular weight excluding hydrogens is 715 g/mol. The summed E-state index contributed by atoms with van der Waals surface area (Å²) in [5.41, 5.74) is 5.24. The molecule has 15 heteroatoms. The van der Waals surface area contributed by atoms with Crippen LogP contribution in [0.5, 0.6) is 0 Å². The summed E-state index contributed by atoms with van der Waals surface area (Å²) in [5.74, 6) is -0.577. The van der Waals surface area contributed by atoms with E-state index in [1.165, 1.54) is 12.1 Å². The highest BCUT2D eigenvalue weighted by molar-refractivity contribution is 7.91. The molecule has 0 radical (unpaired) electrons. The molecule has 2 atom stereocenters. The van der Waals surface area contributed by atoms with Crippen LogP contribution in [0.3, 0.4) is 0 Å². The number of halogens is 2. The number of esters is 1. The fraction of sp³-hybridized carbons (Fsp3) is 0.417. The lowest BCUT2D eigenvalue weighted by Crippen LogP contribution is -2.49. The van der Waals surface area contributed by atoms with Gasteiger partial charge in [0, 0.05) is 22.4 Å². The molecule has 0 saturated heterocycles. The predicted molar refractivity (Wildman–Crippen MR) is 203 cm³/mol. The number of aromatic nitrogens is 2. The van der Waals surface area contributed by atoms with Crippen LogP contribution >= 0.6 is 23.2 Å². The van der Waals surface area contributed by atoms with E-state index in [4.69, 9.17) is 33.7 Å². The van der Waals surface area contributed by atoms with Crippen LogP contribution in [0.1, 0.15) is 71.7 Å². The van der Waals surface area contributed by atoms with Gasteiger partial charge in [0.1, 0.15) is 34.0 Å². The van der Waals surface area contributed by atoms with Crippen molar-refractivity contribution in [1.29, 1.82) is 0 Å². The van der Waals surface area contributed by atoms with E-state index >= 15 is 0 Å². The lowest BCUT2D eigenvalue weighted by molar-refractivity contribution is -0.0922. The van der Waals surface area contributed by atoms with Crippen LogP contribution in [0.4, 0.5) is 22.0 Å². The molecule has 51 heavy (non-hydrogen) atoms. The molecule has 1 aliphatic rings. The SMILES string of the molecule is CC1CC(C(C)(C)C)C(OC(=O)c2c(-c3ccc(Cl)cc3)c(Cl)n3c(=O)c(NC(=O)NS(=O)(=O)Nc4ccccc4)c(N)[nH]c23)C(C(C)(C)C)C1. The van der Waals surface area contributed by atoms with E-state index in [0.29, 0.717) is 16.5 Å². The first-order valence-electron chi connectivity index (χ1n) is 16.6. The van der Waals surface area contributed by atoms with Crippen molar-refractivity contribution in [3.63, 3.8) is 0 Å². The second-order valence-corrected chi connectivity index (χ2v) is 17.6. The highest BCUT2D eigenvalue weighted by atomic mass is 35.5. The number of carbonyl (C=O) groups is 2. The number of H-pyrrole nitrogens is 1. The summed E-state index contributed by atoms with van der Waals surface area (Å²) in [6.45, 7) is 15.1. The number of fused-ring (bicyclic) bond motifs is 1. The van der Waals surface area contributed by atoms with Crippen molar-refractivity contribution in [2.24, 2.45) is 28.6 Å². The van der Waals surface area contributed by atoms with E-state index in [0.717, 1.165) is 17.2 Å². The molecule has 274 valence electrons. The molecule has 2 heterocycles. The van der Waals surface area contributed by atoms with Gasteiger partial charge in [0.15, 0.2) is 0 Å². The predicted octanol–water partition coefficient (Wildman–Crippen LogP) is 7.94. The minimum absolute atomic E-state index is 0.0313. The number of nitrogen functional groups attached to an aromatic ring is 1. The fourth-order valence-electron chi connectivity index (χ4n) is 6.97. The van der Waals surface area contributed by atoms with Crippen molar-refractivity contribution in [1.82, 2.24) is 14.1 Å². The van der Waals surface area contributed by atoms with Crippen LogP contribution in [0, 0.1) is 28.6 Å². The van der Waals surface area contributed by atoms with Crippen LogP contribution in [-0.2, 0) is 14.9 Å². The molecule has 2 unspecified atom stereocenters. The molecule has 5 rings (SSSR count). The van der Waals surface area contributed by atoms with E-state index < -0.39 is 39.6 Å². The Morgan fingerprint density at radius 1 is 0.941 bits per heavy atom. The first-order valence-corrected chi connectivity index (χ1v) is 18.8. The third-order valence-electron chi connectivity index (χ3n) is 9.45. The molecule has 1 aliphatic carbocycles. The van der Waals surface area contributed by atoms with Gasteiger partial charge in [-0.15, -0.1) is 0 Å². The Morgan fingerprint density at radius 2 is 1.51 bits per heavy atom. The Bertz CT molecular complexity index is 2100. The number of nitrogens with two attached hydrogens (primary N) is 1. The first-order chi connectivity index (χ1) is 23.7. The van der Waals surface area contributed by atoms with Gasteiger partial charge in [-0.3, -0.25) is 14.8 Å². The van der Waals surface area contributed by atoms with Gasteiger partial charge in [0.2, 0.25) is 0 Å². The largest absolute Gasteiger partial charge is 0.458 e. The van der Waals surface area contributed by atoms with Gasteiger partial charge in [-0.1, -0.05) is 102 Å². The van der Waals surface area contributed by atoms with Gasteiger partial charge in [-0.25, -0.2) is 18.7 Å². The Balaban J connectivity index is 1.60. The van der Waals surface area contributed by atoms with Crippen molar-refractivity contribution in [3.05, 3.63) is 80.7 Å². The number of amides is 2. The maximum atomic E-state index is 14.6. The molecule has 2 aromatic heterocycles. The number of rotatable bonds is 7. The van der Waals surface area contributed by atoms with Crippen molar-refractivity contribution >= 4 is 68.3 Å². The average molecular weight is 760 g/mol. The summed E-state index contributed by atoms with van der Waals surface area (Å²) in [6, 6.07) is 13.2. The average Bonchev–Trinajstić information content (AvgIpc) is 3.30. The van der Waals surface area contributed by atoms with Crippen molar-refractivity contribution < 1.29 is 22.7 Å². The zero-order valence-electron chi connectivity index (χ0n) is 29.6. The number of urea groups is 1. The maximum Gasteiger partial charge on any atom is 0.342 e. The minimum Gasteiger partial charge on any atom is -0.458 e. The van der Waals surface area contributed by atoms with Gasteiger partial charge < -0.3 is 15.5 Å². The van der Waals surface area contributed by atoms with E-state index in [1.807, 2.05) is 0 Å². The van der Waals surface area contributed by atoms with Crippen LogP contribution in [-0.4, -0.2) is 35.9 Å². The Labute approximate surface area is 307 Å². The van der Waals surface area contributed by atoms with Crippen molar-refractivity contribution in [2.75, 3.05) is 15.8 Å². The van der Waals surface area contributed by atoms with Gasteiger partial charge in [0.05, 0.1) is 5.69 Å². The molecule has 12 nitrogen and oxygen atoms in total. The smallest absolute Gasteiger partial charge is 0.342 e. The second-order valence-electron chi connectivity index (χ2n) is 15.4. The summed E-state index contributed by atoms with van der Waals surface area (Å²) in [5, 5.41) is 2.48. The molecule has 4 aromatic rings. The summed E-state index contributed by atoms with van der Waals surface area (Å²) in [4.78, 5) is 44.3. The second kappa shape index (κ2) is 14.1. The highest BCUT2D eigenvalue weighted by Crippen LogP contribution is 2.50. The van der Waals surface area contributed by atoms with E-state index in [1.54, 1.807) is 47.2 Å². The molecule has 1 saturated carbocycles. The molecular formula is C36H44Cl2N6O6S. The highest BCUT2D eigenvalue weighted by Gasteiger charge is 2.48. The normalized spacial score (nSPS) is 19.8. The van der Waals surface area contributed by atoms with Gasteiger partial charge in [0.25, 0.3) is 5.56 Å². The lowest BCUT2D eigenvalue weighted by Gasteiger charge is -2.50. The van der Waals surface area contributed by atoms with Gasteiger partial charge >= 0.3 is 22.2 Å². The monoisotopic (exact) mass is 758 g/mol. The number of hydrogen-bond acceptors (Lipinski definition) is 7. The maximum absolute atomic E-state index is 14.6. The van der Waals surface area contributed by atoms with Crippen LogP contribution in [0.2, 0.25) is 10.2 Å². The molecule has 1 fully saturated rings. The van der Waals surface area contributed by atoms with E-state index in [2.05, 4.69) is 63.5 Å². The number of anilines is 3. The number of nitrogens with one attached hydrogen (secondary N) is 4. The van der Waals surface area contributed by atoms with Gasteiger partial charge in [-0.2, -0.15) is 8.42 Å². The molecule has 6 N–H and O–H groups in total. The topological polar surface area (TPSA) is 177 Å². The number of aromatic amines is 1. The van der Waals surface area contributed by atoms with Crippen LogP contribution < -0.4 is 26.1 Å². The number of benzene rings is 2. The first kappa shape index (κ1) is 38.0. The third-order valence-corrected chi connectivity index (χ3v) is 11.0. The third kappa shape index (κ3) is 8.15. The number of hydrogen-bond donors (Lipinski definition) is 5. The van der Waals surface area contributed by atoms with Crippen LogP contribution in [0.25, 0.3) is 16.8 Å². The summed E-state index contributed by atoms with van der Waals surface area (Å²) < 4.78 is 36.7. The van der Waals surface area contributed by atoms with E-state index in [9.17, 15) is 22.8 Å². The zero-order chi connectivity index (χ0) is 37.6. The Morgan fingerprint density at radius 3 is 2.06 bits per heavy atom. The number of carbonyl (C=O) groups excluding carboxylic acids is 2. The quantitative estimate of drug-likeness (QED) is 0.119. The van der Waals surface area contributed by atoms with E-state index in [-0.39, 0.29) is 56.1 Å². The summed E-state index contributed by atoms with van der Waals surface area (Å²) in [6.07, 6.45) is 1.28. The number of nitrogens with zero attached hydrogens (tertiary/aromatic N) is 1. The lowest BCUT2D eigenvalue weighted by atomic mass is 9.59. The minimum atomic E-state index is -4.40. The number of para-hydroxylation sites is 1. The summed E-state index contributed by atoms with van der Waals surface area (Å²) in [7, 11) is -4.40. The standard InChI is InChI=1S/C36H44Cl2N6O6S/c1-19-17-23(35(2,3)4)28(24(18-19)36(5,6)7)50-33(46)26-25(20-13-15-21(37)16-14-20)29(38)44-31(26)41-30(39)27(32(44)45)40-34(47)43-51(48,49)42-22-11-9-8-10-12-22/h8-16,19,23-24,28,41-42H,17-18,39H2,1-7H3,(H2,40,43,47). The molecule has 2 aromatic carbocycles. The molecule has 0 aliphatic heterocycles. The number of ether oxygens (including phenoxy) is 1. The van der Waals surface area contributed by atoms with Gasteiger partial charge in [-0.05, 0) is 59.4 Å². The van der Waals surface area contributed by atoms with Crippen LogP contribution in [0.15, 0.2) is 59.4 Å². The van der Waals surface area contributed by atoms with Crippen molar-refractivity contribution in [2.45, 2.75) is 67.4 Å². The fourth-order valence-corrected chi connectivity index (χ4v) is 8.25.